The van der Waals surface area contributed by atoms with Gasteiger partial charge in [0.05, 0.1) is 16.7 Å². The third kappa shape index (κ3) is 6.80. The fraction of sp³-hybridized carbons (Fsp3) is 0.244. The van der Waals surface area contributed by atoms with Crippen molar-refractivity contribution in [2.45, 2.75) is 61.6 Å². The van der Waals surface area contributed by atoms with E-state index in [0.29, 0.717) is 6.67 Å². The monoisotopic (exact) mass is 628 g/mol. The molecule has 0 saturated carbocycles. The summed E-state index contributed by atoms with van der Waals surface area (Å²) in [6.07, 6.45) is 23.9. The highest BCUT2D eigenvalue weighted by Crippen LogP contribution is 2.35. The molecular weight excluding hydrogens is 581 g/mol. The number of hydrogen-bond donors (Lipinski definition) is 1. The molecule has 46 heavy (non-hydrogen) atoms. The number of rotatable bonds is 11. The number of hydrogen-bond acceptors (Lipinski definition) is 3. The van der Waals surface area contributed by atoms with Crippen molar-refractivity contribution in [1.29, 1.82) is 0 Å². The third-order valence-electron chi connectivity index (χ3n) is 8.08. The van der Waals surface area contributed by atoms with Gasteiger partial charge in [-0.15, -0.1) is 11.3 Å². The Bertz CT molecular complexity index is 2030. The van der Waals surface area contributed by atoms with Crippen molar-refractivity contribution in [1.82, 2.24) is 9.13 Å². The van der Waals surface area contributed by atoms with E-state index >= 15 is 0 Å². The van der Waals surface area contributed by atoms with E-state index in [1.54, 1.807) is 11.3 Å². The van der Waals surface area contributed by atoms with Crippen molar-refractivity contribution in [2.75, 3.05) is 12.4 Å². The first-order chi connectivity index (χ1) is 22.3. The second-order valence-corrected chi connectivity index (χ2v) is 12.3. The zero-order chi connectivity index (χ0) is 33.4. The fourth-order valence-electron chi connectivity index (χ4n) is 6.05. The van der Waals surface area contributed by atoms with Crippen molar-refractivity contribution in [3.05, 3.63) is 117 Å². The molecule has 4 rings (SSSR count). The maximum Gasteiger partial charge on any atom is 0.115 e. The molecule has 1 aliphatic carbocycles. The minimum atomic E-state index is 0.446. The average molecular weight is 629 g/mol. The van der Waals surface area contributed by atoms with E-state index in [0.717, 1.165) is 56.2 Å². The Morgan fingerprint density at radius 3 is 2.35 bits per heavy atom. The molecule has 3 heterocycles. The summed E-state index contributed by atoms with van der Waals surface area (Å²) in [4.78, 5) is 7.78. The summed E-state index contributed by atoms with van der Waals surface area (Å²) in [6.45, 7) is 24.0. The smallest absolute Gasteiger partial charge is 0.115 e. The lowest BCUT2D eigenvalue weighted by Gasteiger charge is -2.18. The van der Waals surface area contributed by atoms with Gasteiger partial charge in [-0.25, -0.2) is 0 Å². The Kier molecular flexibility index (Phi) is 11.6. The standard InChI is InChI=1S/C41H48N4S/c1-11-17-19-22-32-25-29(8)40(41-35(16-6)34(15-5)30(9)45(41)31(14-4)21-18-12-2)44(32)27-43-37-23-28(7)24-38-39(37)36(42-10)26-33(46-38)20-13-3/h11-13,15-26,42H,6,9,14,27H2,1-5,7-8,10H3/b17-11-,18-12-,20-13-,22-19-,31-21+,34-15+,43-37-. The first-order valence-corrected chi connectivity index (χ1v) is 16.8. The van der Waals surface area contributed by atoms with Crippen molar-refractivity contribution >= 4 is 53.6 Å². The van der Waals surface area contributed by atoms with E-state index in [-0.39, 0.29) is 0 Å². The molecular formula is C41H48N4S. The Hall–Kier alpha value is -4.61. The van der Waals surface area contributed by atoms with E-state index in [9.17, 15) is 0 Å². The zero-order valence-electron chi connectivity index (χ0n) is 28.7. The van der Waals surface area contributed by atoms with Crippen molar-refractivity contribution in [2.24, 2.45) is 4.99 Å². The predicted molar refractivity (Wildman–Crippen MR) is 206 cm³/mol. The number of nitrogens with zero attached hydrogens (tertiary/aromatic N) is 3. The highest BCUT2D eigenvalue weighted by molar-refractivity contribution is 7.16. The Morgan fingerprint density at radius 2 is 1.72 bits per heavy atom. The highest BCUT2D eigenvalue weighted by atomic mass is 32.1. The maximum absolute atomic E-state index is 5.36. The van der Waals surface area contributed by atoms with Gasteiger partial charge in [-0.2, -0.15) is 0 Å². The summed E-state index contributed by atoms with van der Waals surface area (Å²) in [7, 11) is 1.98. The number of aryl methyl sites for hydroxylation is 2. The Labute approximate surface area is 279 Å². The molecule has 0 radical (unpaired) electrons. The molecule has 0 unspecified atom stereocenters. The molecule has 5 heteroatoms. The lowest BCUT2D eigenvalue weighted by molar-refractivity contribution is 0.718. The fourth-order valence-corrected chi connectivity index (χ4v) is 7.24. The first kappa shape index (κ1) is 34.3. The molecule has 2 aromatic rings. The number of benzene rings is 1. The molecule has 1 aliphatic heterocycles. The van der Waals surface area contributed by atoms with Crippen molar-refractivity contribution in [3.63, 3.8) is 0 Å². The van der Waals surface area contributed by atoms with Crippen LogP contribution < -0.4 is 21.2 Å². The van der Waals surface area contributed by atoms with Gasteiger partial charge in [0.15, 0.2) is 0 Å². The first-order valence-electron chi connectivity index (χ1n) is 16.0. The Morgan fingerprint density at radius 1 is 0.957 bits per heavy atom. The van der Waals surface area contributed by atoms with Crippen LogP contribution in [0.25, 0.3) is 58.4 Å². The maximum atomic E-state index is 5.36. The molecule has 1 N–H and O–H groups in total. The molecule has 0 amide bonds. The zero-order valence-corrected chi connectivity index (χ0v) is 29.6. The second-order valence-electron chi connectivity index (χ2n) is 11.2. The van der Waals surface area contributed by atoms with Gasteiger partial charge in [-0.1, -0.05) is 68.7 Å². The molecule has 0 fully saturated rings. The van der Waals surface area contributed by atoms with Crippen molar-refractivity contribution in [3.8, 4) is 21.8 Å². The summed E-state index contributed by atoms with van der Waals surface area (Å²) >= 11 is 1.79. The van der Waals surface area contributed by atoms with E-state index in [1.165, 1.54) is 26.6 Å². The SMILES string of the molecule is C=Cc1c(-c2c(C)cc(/C=C\C=C/C)n2C/N=c2/cc(C)cc3sc(/C=C\C)cc(NC)c2-3)n(/C(=C/C=C\C)CC)c(=C)/c1=C\C. The molecule has 4 nitrogen and oxygen atoms in total. The van der Waals surface area contributed by atoms with Crippen LogP contribution in [0.1, 0.15) is 68.3 Å². The summed E-state index contributed by atoms with van der Waals surface area (Å²) < 4.78 is 4.65. The van der Waals surface area contributed by atoms with Crippen LogP contribution in [0.4, 0.5) is 5.69 Å². The highest BCUT2D eigenvalue weighted by Gasteiger charge is 2.23. The molecule has 0 atom stereocenters. The van der Waals surface area contributed by atoms with Crippen LogP contribution in [0, 0.1) is 13.8 Å². The van der Waals surface area contributed by atoms with Crippen LogP contribution in [-0.4, -0.2) is 16.2 Å². The molecule has 0 bridgehead atoms. The molecule has 0 spiro atoms. The van der Waals surface area contributed by atoms with E-state index in [1.807, 2.05) is 33.0 Å². The molecule has 0 saturated heterocycles. The number of anilines is 1. The molecule has 238 valence electrons. The van der Waals surface area contributed by atoms with Crippen LogP contribution in [0.15, 0.2) is 78.4 Å². The summed E-state index contributed by atoms with van der Waals surface area (Å²) in [6, 6.07) is 8.92. The number of aromatic nitrogens is 2. The largest absolute Gasteiger partial charge is 0.387 e. The topological polar surface area (TPSA) is 34.2 Å². The average Bonchev–Trinajstić information content (AvgIpc) is 3.50. The van der Waals surface area contributed by atoms with Gasteiger partial charge in [0.1, 0.15) is 6.67 Å². The second kappa shape index (κ2) is 15.6. The van der Waals surface area contributed by atoms with Crippen LogP contribution in [0.3, 0.4) is 0 Å². The van der Waals surface area contributed by atoms with E-state index < -0.39 is 0 Å². The van der Waals surface area contributed by atoms with Crippen LogP contribution in [0.5, 0.6) is 0 Å². The van der Waals surface area contributed by atoms with Crippen LogP contribution in [-0.2, 0) is 6.67 Å². The van der Waals surface area contributed by atoms with Crippen molar-refractivity contribution < 1.29 is 0 Å². The number of allylic oxidation sites excluding steroid dienone is 8. The molecule has 0 aromatic carbocycles. The summed E-state index contributed by atoms with van der Waals surface area (Å²) in [5, 5.41) is 6.47. The van der Waals surface area contributed by atoms with Gasteiger partial charge in [0.2, 0.25) is 0 Å². The van der Waals surface area contributed by atoms with Gasteiger partial charge in [0, 0.05) is 55.6 Å². The minimum absolute atomic E-state index is 0.446. The van der Waals surface area contributed by atoms with E-state index in [4.69, 9.17) is 4.99 Å². The third-order valence-corrected chi connectivity index (χ3v) is 9.11. The predicted octanol–water partition coefficient (Wildman–Crippen LogP) is 9.64. The van der Waals surface area contributed by atoms with Gasteiger partial charge in [0.25, 0.3) is 0 Å². The minimum Gasteiger partial charge on any atom is -0.387 e. The number of fused-ring (bicyclic) bond motifs is 1. The summed E-state index contributed by atoms with van der Waals surface area (Å²) in [5.74, 6) is 0. The lowest BCUT2D eigenvalue weighted by atomic mass is 10.1. The van der Waals surface area contributed by atoms with Crippen LogP contribution in [0.2, 0.25) is 0 Å². The quantitative estimate of drug-likeness (QED) is 0.165. The number of nitrogens with one attached hydrogen (secondary N) is 1. The van der Waals surface area contributed by atoms with Gasteiger partial charge in [-0.3, -0.25) is 4.99 Å². The van der Waals surface area contributed by atoms with Gasteiger partial charge in [-0.05, 0) is 102 Å². The molecule has 2 aliphatic rings. The van der Waals surface area contributed by atoms with Crippen LogP contribution >= 0.6 is 11.3 Å². The normalized spacial score (nSPS) is 13.6. The Balaban J connectivity index is 2.11. The van der Waals surface area contributed by atoms with Gasteiger partial charge < -0.3 is 14.5 Å². The molecule has 2 aromatic heterocycles. The summed E-state index contributed by atoms with van der Waals surface area (Å²) in [5.41, 5.74) is 10.1. The lowest BCUT2D eigenvalue weighted by Crippen LogP contribution is -2.27. The van der Waals surface area contributed by atoms with Gasteiger partial charge >= 0.3 is 0 Å². The van der Waals surface area contributed by atoms with E-state index in [2.05, 4.69) is 141 Å².